The van der Waals surface area contributed by atoms with E-state index < -0.39 is 11.7 Å². The van der Waals surface area contributed by atoms with Crippen LogP contribution in [0.25, 0.3) is 10.9 Å². The zero-order valence-electron chi connectivity index (χ0n) is 11.0. The summed E-state index contributed by atoms with van der Waals surface area (Å²) in [5.41, 5.74) is -0.204. The highest BCUT2D eigenvalue weighted by atomic mass is 35.5. The Hall–Kier alpha value is -2.34. The number of benzene rings is 1. The Bertz CT molecular complexity index is 834. The van der Waals surface area contributed by atoms with Crippen LogP contribution in [0.2, 0.25) is 5.02 Å². The molecule has 0 saturated heterocycles. The van der Waals surface area contributed by atoms with Gasteiger partial charge in [-0.2, -0.15) is 13.2 Å². The second-order valence-corrected chi connectivity index (χ2v) is 4.97. The summed E-state index contributed by atoms with van der Waals surface area (Å²) >= 11 is 6.06. The zero-order valence-corrected chi connectivity index (χ0v) is 11.8. The minimum Gasteiger partial charge on any atom is -0.325 e. The monoisotopic (exact) mass is 323 g/mol. The molecule has 0 amide bonds. The summed E-state index contributed by atoms with van der Waals surface area (Å²) in [7, 11) is 0. The lowest BCUT2D eigenvalue weighted by atomic mass is 10.2. The Balaban J connectivity index is 1.95. The predicted molar refractivity (Wildman–Crippen MR) is 79.3 cm³/mol. The van der Waals surface area contributed by atoms with Crippen molar-refractivity contribution in [2.45, 2.75) is 6.18 Å². The number of halogens is 4. The average molecular weight is 324 g/mol. The van der Waals surface area contributed by atoms with Crippen molar-refractivity contribution in [1.82, 2.24) is 9.97 Å². The van der Waals surface area contributed by atoms with Crippen LogP contribution in [0.3, 0.4) is 0 Å². The molecule has 0 atom stereocenters. The maximum Gasteiger partial charge on any atom is 0.416 e. The van der Waals surface area contributed by atoms with E-state index in [0.717, 1.165) is 23.7 Å². The molecule has 0 spiro atoms. The van der Waals surface area contributed by atoms with Gasteiger partial charge in [-0.05, 0) is 30.3 Å². The van der Waals surface area contributed by atoms with Gasteiger partial charge in [-0.1, -0.05) is 23.7 Å². The minimum absolute atomic E-state index is 0.0636. The molecule has 22 heavy (non-hydrogen) atoms. The maximum absolute atomic E-state index is 12.7. The molecule has 1 N–H and O–H groups in total. The van der Waals surface area contributed by atoms with Crippen LogP contribution in [0.1, 0.15) is 5.56 Å². The van der Waals surface area contributed by atoms with Gasteiger partial charge in [-0.25, -0.2) is 9.97 Å². The highest BCUT2D eigenvalue weighted by molar-refractivity contribution is 6.35. The molecule has 0 fully saturated rings. The summed E-state index contributed by atoms with van der Waals surface area (Å²) in [6.45, 7) is 0. The highest BCUT2D eigenvalue weighted by Gasteiger charge is 2.30. The molecule has 3 nitrogen and oxygen atoms in total. The molecule has 2 heterocycles. The number of nitrogens with zero attached hydrogens (tertiary/aromatic N) is 2. The largest absolute Gasteiger partial charge is 0.416 e. The zero-order chi connectivity index (χ0) is 15.7. The fourth-order valence-electron chi connectivity index (χ4n) is 1.99. The van der Waals surface area contributed by atoms with Gasteiger partial charge in [0.05, 0.1) is 16.1 Å². The van der Waals surface area contributed by atoms with E-state index in [1.165, 1.54) is 0 Å². The number of hydrogen-bond donors (Lipinski definition) is 1. The molecule has 0 aliphatic rings. The molecule has 7 heteroatoms. The van der Waals surface area contributed by atoms with Crippen LogP contribution < -0.4 is 5.32 Å². The van der Waals surface area contributed by atoms with E-state index in [2.05, 4.69) is 15.3 Å². The lowest BCUT2D eigenvalue weighted by Crippen LogP contribution is -2.06. The van der Waals surface area contributed by atoms with Crippen LogP contribution in [0.15, 0.2) is 48.7 Å². The SMILES string of the molecule is FC(F)(F)c1ccnc(Nc2ccc3cccc(Cl)c3n2)c1. The van der Waals surface area contributed by atoms with Gasteiger partial charge in [0, 0.05) is 11.6 Å². The Morgan fingerprint density at radius 1 is 1.00 bits per heavy atom. The predicted octanol–water partition coefficient (Wildman–Crippen LogP) is 5.05. The molecule has 0 aliphatic heterocycles. The standard InChI is InChI=1S/C15H9ClF3N3/c16-11-3-1-2-9-4-5-12(22-14(9)11)21-13-8-10(6-7-20-13)15(17,18)19/h1-8H,(H,20,21,22). The third-order valence-corrected chi connectivity index (χ3v) is 3.32. The molecule has 0 saturated carbocycles. The van der Waals surface area contributed by atoms with Crippen molar-refractivity contribution >= 4 is 34.1 Å². The summed E-state index contributed by atoms with van der Waals surface area (Å²) in [4.78, 5) is 8.16. The Labute approximate surface area is 128 Å². The fourth-order valence-corrected chi connectivity index (χ4v) is 2.21. The molecular weight excluding hydrogens is 315 g/mol. The molecule has 0 bridgehead atoms. The Kier molecular flexibility index (Phi) is 3.62. The normalized spacial score (nSPS) is 11.6. The second kappa shape index (κ2) is 5.46. The van der Waals surface area contributed by atoms with E-state index in [1.807, 2.05) is 6.07 Å². The molecule has 1 aromatic carbocycles. The topological polar surface area (TPSA) is 37.8 Å². The van der Waals surface area contributed by atoms with Gasteiger partial charge in [-0.3, -0.25) is 0 Å². The number of rotatable bonds is 2. The molecule has 2 aromatic heterocycles. The summed E-state index contributed by atoms with van der Waals surface area (Å²) < 4.78 is 38.0. The first kappa shape index (κ1) is 14.6. The molecule has 0 aliphatic carbocycles. The summed E-state index contributed by atoms with van der Waals surface area (Å²) in [5.74, 6) is 0.432. The van der Waals surface area contributed by atoms with Gasteiger partial charge in [-0.15, -0.1) is 0 Å². The van der Waals surface area contributed by atoms with Gasteiger partial charge in [0.2, 0.25) is 0 Å². The van der Waals surface area contributed by atoms with Gasteiger partial charge in [0.25, 0.3) is 0 Å². The lowest BCUT2D eigenvalue weighted by Gasteiger charge is -2.10. The first-order valence-corrected chi connectivity index (χ1v) is 6.67. The highest BCUT2D eigenvalue weighted by Crippen LogP contribution is 2.30. The second-order valence-electron chi connectivity index (χ2n) is 4.56. The number of aromatic nitrogens is 2. The van der Waals surface area contributed by atoms with Gasteiger partial charge in [0.15, 0.2) is 0 Å². The summed E-state index contributed by atoms with van der Waals surface area (Å²) in [6, 6.07) is 10.6. The first-order valence-electron chi connectivity index (χ1n) is 6.29. The molecule has 3 aromatic rings. The van der Waals surface area contributed by atoms with Crippen molar-refractivity contribution in [1.29, 1.82) is 0 Å². The number of alkyl halides is 3. The number of fused-ring (bicyclic) bond motifs is 1. The number of pyridine rings is 2. The van der Waals surface area contributed by atoms with Crippen molar-refractivity contribution in [2.75, 3.05) is 5.32 Å². The van der Waals surface area contributed by atoms with E-state index in [4.69, 9.17) is 11.6 Å². The van der Waals surface area contributed by atoms with E-state index in [0.29, 0.717) is 16.4 Å². The van der Waals surface area contributed by atoms with E-state index in [1.54, 1.807) is 24.3 Å². The number of nitrogens with one attached hydrogen (secondary N) is 1. The molecule has 112 valence electrons. The van der Waals surface area contributed by atoms with Crippen molar-refractivity contribution in [2.24, 2.45) is 0 Å². The van der Waals surface area contributed by atoms with E-state index in [-0.39, 0.29) is 5.82 Å². The van der Waals surface area contributed by atoms with Gasteiger partial charge >= 0.3 is 6.18 Å². The van der Waals surface area contributed by atoms with Crippen molar-refractivity contribution in [3.05, 3.63) is 59.2 Å². The molecule has 0 unspecified atom stereocenters. The Morgan fingerprint density at radius 2 is 1.82 bits per heavy atom. The van der Waals surface area contributed by atoms with Crippen molar-refractivity contribution in [3.63, 3.8) is 0 Å². The van der Waals surface area contributed by atoms with Crippen molar-refractivity contribution in [3.8, 4) is 0 Å². The van der Waals surface area contributed by atoms with E-state index >= 15 is 0 Å². The van der Waals surface area contributed by atoms with Gasteiger partial charge < -0.3 is 5.32 Å². The van der Waals surface area contributed by atoms with Crippen molar-refractivity contribution < 1.29 is 13.2 Å². The molecule has 3 rings (SSSR count). The quantitative estimate of drug-likeness (QED) is 0.717. The molecular formula is C15H9ClF3N3. The maximum atomic E-state index is 12.7. The smallest absolute Gasteiger partial charge is 0.325 e. The van der Waals surface area contributed by atoms with Crippen LogP contribution in [-0.4, -0.2) is 9.97 Å². The van der Waals surface area contributed by atoms with Crippen LogP contribution in [0, 0.1) is 0 Å². The van der Waals surface area contributed by atoms with Crippen LogP contribution in [0.4, 0.5) is 24.8 Å². The lowest BCUT2D eigenvalue weighted by molar-refractivity contribution is -0.137. The third-order valence-electron chi connectivity index (χ3n) is 3.01. The third kappa shape index (κ3) is 2.96. The summed E-state index contributed by atoms with van der Waals surface area (Å²) in [6.07, 6.45) is -3.32. The van der Waals surface area contributed by atoms with Crippen LogP contribution in [-0.2, 0) is 6.18 Å². The fraction of sp³-hybridized carbons (Fsp3) is 0.0667. The number of hydrogen-bond acceptors (Lipinski definition) is 3. The first-order chi connectivity index (χ1) is 10.4. The average Bonchev–Trinajstić information content (AvgIpc) is 2.48. The van der Waals surface area contributed by atoms with E-state index in [9.17, 15) is 13.2 Å². The molecule has 0 radical (unpaired) electrons. The minimum atomic E-state index is -4.42. The summed E-state index contributed by atoms with van der Waals surface area (Å²) in [5, 5.41) is 4.07. The Morgan fingerprint density at radius 3 is 2.59 bits per heavy atom. The van der Waals surface area contributed by atoms with Gasteiger partial charge in [0.1, 0.15) is 11.6 Å². The number of para-hydroxylation sites is 1. The van der Waals surface area contributed by atoms with Crippen LogP contribution >= 0.6 is 11.6 Å². The van der Waals surface area contributed by atoms with Crippen LogP contribution in [0.5, 0.6) is 0 Å². The number of anilines is 2.